The van der Waals surface area contributed by atoms with E-state index < -0.39 is 0 Å². The SMILES string of the molecule is Nc1cc(-c2ccc(-c3ccccc3)cc2)n(-c2ccccc2)n1. The Bertz CT molecular complexity index is 940. The van der Waals surface area contributed by atoms with E-state index in [1.165, 1.54) is 11.1 Å². The van der Waals surface area contributed by atoms with Gasteiger partial charge in [-0.2, -0.15) is 5.10 Å². The second-order valence-corrected chi connectivity index (χ2v) is 5.65. The van der Waals surface area contributed by atoms with E-state index in [1.807, 2.05) is 47.1 Å². The van der Waals surface area contributed by atoms with Gasteiger partial charge in [0.05, 0.1) is 11.4 Å². The molecule has 4 aromatic rings. The highest BCUT2D eigenvalue weighted by atomic mass is 15.3. The van der Waals surface area contributed by atoms with Crippen LogP contribution >= 0.6 is 0 Å². The summed E-state index contributed by atoms with van der Waals surface area (Å²) in [7, 11) is 0. The summed E-state index contributed by atoms with van der Waals surface area (Å²) in [5.41, 5.74) is 11.4. The van der Waals surface area contributed by atoms with E-state index in [0.29, 0.717) is 5.82 Å². The Morgan fingerprint density at radius 3 is 1.83 bits per heavy atom. The summed E-state index contributed by atoms with van der Waals surface area (Å²) < 4.78 is 1.88. The molecular formula is C21H17N3. The van der Waals surface area contributed by atoms with Crippen molar-refractivity contribution in [3.05, 3.63) is 91.0 Å². The van der Waals surface area contributed by atoms with Gasteiger partial charge >= 0.3 is 0 Å². The molecule has 0 amide bonds. The summed E-state index contributed by atoms with van der Waals surface area (Å²) in [6.45, 7) is 0. The zero-order valence-electron chi connectivity index (χ0n) is 13.1. The lowest BCUT2D eigenvalue weighted by Crippen LogP contribution is -1.99. The van der Waals surface area contributed by atoms with Gasteiger partial charge in [-0.05, 0) is 23.3 Å². The first kappa shape index (κ1) is 14.3. The fraction of sp³-hybridized carbons (Fsp3) is 0. The highest BCUT2D eigenvalue weighted by Crippen LogP contribution is 2.27. The van der Waals surface area contributed by atoms with Crippen molar-refractivity contribution in [2.75, 3.05) is 5.73 Å². The molecule has 4 rings (SSSR count). The van der Waals surface area contributed by atoms with E-state index >= 15 is 0 Å². The number of para-hydroxylation sites is 1. The molecule has 1 heterocycles. The highest BCUT2D eigenvalue weighted by Gasteiger charge is 2.10. The maximum Gasteiger partial charge on any atom is 0.146 e. The standard InChI is InChI=1S/C21H17N3/c22-21-15-20(24(23-21)19-9-5-2-6-10-19)18-13-11-17(12-14-18)16-7-3-1-4-8-16/h1-15H,(H2,22,23). The molecule has 0 spiro atoms. The minimum Gasteiger partial charge on any atom is -0.382 e. The molecule has 24 heavy (non-hydrogen) atoms. The molecule has 0 unspecified atom stereocenters. The number of benzene rings is 3. The van der Waals surface area contributed by atoms with Gasteiger partial charge in [0.15, 0.2) is 0 Å². The van der Waals surface area contributed by atoms with Crippen LogP contribution in [0.5, 0.6) is 0 Å². The molecule has 0 fully saturated rings. The molecule has 0 aliphatic heterocycles. The van der Waals surface area contributed by atoms with Crippen LogP contribution in [0.3, 0.4) is 0 Å². The Balaban J connectivity index is 1.75. The number of rotatable bonds is 3. The van der Waals surface area contributed by atoms with Crippen LogP contribution in [0.25, 0.3) is 28.1 Å². The maximum absolute atomic E-state index is 5.94. The van der Waals surface area contributed by atoms with Gasteiger partial charge in [-0.1, -0.05) is 72.8 Å². The monoisotopic (exact) mass is 311 g/mol. The highest BCUT2D eigenvalue weighted by molar-refractivity contribution is 5.71. The molecule has 0 bridgehead atoms. The average molecular weight is 311 g/mol. The summed E-state index contributed by atoms with van der Waals surface area (Å²) in [6, 6.07) is 30.8. The van der Waals surface area contributed by atoms with Gasteiger partial charge in [-0.25, -0.2) is 4.68 Å². The van der Waals surface area contributed by atoms with E-state index in [-0.39, 0.29) is 0 Å². The van der Waals surface area contributed by atoms with Crippen molar-refractivity contribution < 1.29 is 0 Å². The van der Waals surface area contributed by atoms with Crippen molar-refractivity contribution in [3.63, 3.8) is 0 Å². The van der Waals surface area contributed by atoms with Crippen LogP contribution in [-0.4, -0.2) is 9.78 Å². The fourth-order valence-corrected chi connectivity index (χ4v) is 2.84. The van der Waals surface area contributed by atoms with Crippen molar-refractivity contribution in [1.82, 2.24) is 9.78 Å². The molecule has 116 valence electrons. The molecule has 0 atom stereocenters. The van der Waals surface area contributed by atoms with Crippen LogP contribution in [0.4, 0.5) is 5.82 Å². The molecule has 3 aromatic carbocycles. The average Bonchev–Trinajstić information content (AvgIpc) is 3.05. The Labute approximate surface area is 141 Å². The lowest BCUT2D eigenvalue weighted by molar-refractivity contribution is 0.893. The second kappa shape index (κ2) is 6.05. The summed E-state index contributed by atoms with van der Waals surface area (Å²) >= 11 is 0. The zero-order valence-corrected chi connectivity index (χ0v) is 13.1. The summed E-state index contributed by atoms with van der Waals surface area (Å²) in [5, 5.41) is 4.43. The summed E-state index contributed by atoms with van der Waals surface area (Å²) in [6.07, 6.45) is 0. The normalized spacial score (nSPS) is 10.7. The minimum absolute atomic E-state index is 0.515. The third-order valence-electron chi connectivity index (χ3n) is 4.02. The number of nitrogens with two attached hydrogens (primary N) is 1. The predicted molar refractivity (Wildman–Crippen MR) is 98.8 cm³/mol. The molecule has 0 saturated carbocycles. The van der Waals surface area contributed by atoms with Gasteiger partial charge in [0, 0.05) is 11.6 Å². The topological polar surface area (TPSA) is 43.8 Å². The third kappa shape index (κ3) is 2.68. The number of hydrogen-bond acceptors (Lipinski definition) is 2. The van der Waals surface area contributed by atoms with Crippen LogP contribution in [-0.2, 0) is 0 Å². The van der Waals surface area contributed by atoms with Crippen LogP contribution in [0, 0.1) is 0 Å². The van der Waals surface area contributed by atoms with Gasteiger partial charge in [0.1, 0.15) is 5.82 Å². The first-order chi connectivity index (χ1) is 11.8. The predicted octanol–water partition coefficient (Wildman–Crippen LogP) is 4.79. The van der Waals surface area contributed by atoms with Crippen molar-refractivity contribution in [2.45, 2.75) is 0 Å². The maximum atomic E-state index is 5.94. The lowest BCUT2D eigenvalue weighted by atomic mass is 10.0. The number of aromatic nitrogens is 2. The lowest BCUT2D eigenvalue weighted by Gasteiger charge is -2.08. The molecule has 0 radical (unpaired) electrons. The van der Waals surface area contributed by atoms with Crippen LogP contribution < -0.4 is 5.73 Å². The number of nitrogen functional groups attached to an aromatic ring is 1. The van der Waals surface area contributed by atoms with Crippen molar-refractivity contribution in [3.8, 4) is 28.1 Å². The van der Waals surface area contributed by atoms with E-state index in [1.54, 1.807) is 0 Å². The van der Waals surface area contributed by atoms with E-state index in [9.17, 15) is 0 Å². The number of hydrogen-bond donors (Lipinski definition) is 1. The Morgan fingerprint density at radius 2 is 1.17 bits per heavy atom. The fourth-order valence-electron chi connectivity index (χ4n) is 2.84. The molecule has 0 aliphatic rings. The largest absolute Gasteiger partial charge is 0.382 e. The smallest absolute Gasteiger partial charge is 0.146 e. The quantitative estimate of drug-likeness (QED) is 0.591. The van der Waals surface area contributed by atoms with Gasteiger partial charge in [-0.15, -0.1) is 0 Å². The molecule has 2 N–H and O–H groups in total. The van der Waals surface area contributed by atoms with Gasteiger partial charge in [-0.3, -0.25) is 0 Å². The zero-order chi connectivity index (χ0) is 16.4. The van der Waals surface area contributed by atoms with Crippen LogP contribution in [0.1, 0.15) is 0 Å². The number of anilines is 1. The van der Waals surface area contributed by atoms with Gasteiger partial charge in [0.2, 0.25) is 0 Å². The minimum atomic E-state index is 0.515. The summed E-state index contributed by atoms with van der Waals surface area (Å²) in [4.78, 5) is 0. The van der Waals surface area contributed by atoms with E-state index in [0.717, 1.165) is 16.9 Å². The van der Waals surface area contributed by atoms with Crippen molar-refractivity contribution in [1.29, 1.82) is 0 Å². The molecule has 0 saturated heterocycles. The first-order valence-corrected chi connectivity index (χ1v) is 7.88. The molecule has 0 aliphatic carbocycles. The molecule has 3 heteroatoms. The number of nitrogens with zero attached hydrogens (tertiary/aromatic N) is 2. The van der Waals surface area contributed by atoms with E-state index in [2.05, 4.69) is 53.6 Å². The Kier molecular flexibility index (Phi) is 3.60. The Hall–Kier alpha value is -3.33. The van der Waals surface area contributed by atoms with Crippen molar-refractivity contribution >= 4 is 5.82 Å². The first-order valence-electron chi connectivity index (χ1n) is 7.88. The molecule has 3 nitrogen and oxygen atoms in total. The van der Waals surface area contributed by atoms with Crippen LogP contribution in [0.2, 0.25) is 0 Å². The molecule has 1 aromatic heterocycles. The second-order valence-electron chi connectivity index (χ2n) is 5.65. The van der Waals surface area contributed by atoms with Crippen molar-refractivity contribution in [2.24, 2.45) is 0 Å². The van der Waals surface area contributed by atoms with Gasteiger partial charge < -0.3 is 5.73 Å². The van der Waals surface area contributed by atoms with Crippen LogP contribution in [0.15, 0.2) is 91.0 Å². The molecular weight excluding hydrogens is 294 g/mol. The van der Waals surface area contributed by atoms with Gasteiger partial charge in [0.25, 0.3) is 0 Å². The summed E-state index contributed by atoms with van der Waals surface area (Å²) in [5.74, 6) is 0.515. The third-order valence-corrected chi connectivity index (χ3v) is 4.02. The van der Waals surface area contributed by atoms with E-state index in [4.69, 9.17) is 5.73 Å². The Morgan fingerprint density at radius 1 is 0.625 bits per heavy atom.